The molecule has 5 atom stereocenters. The normalized spacial score (nSPS) is 28.7. The molecule has 2 fully saturated rings. The predicted octanol–water partition coefficient (Wildman–Crippen LogP) is 5.48. The fraction of sp³-hybridized carbons (Fsp3) is 0.500. The maximum absolute atomic E-state index is 14.1. The molecular formula is C36H44N2O5. The Kier molecular flexibility index (Phi) is 7.66. The Morgan fingerprint density at radius 1 is 1.23 bits per heavy atom. The quantitative estimate of drug-likeness (QED) is 0.221. The van der Waals surface area contributed by atoms with Gasteiger partial charge in [-0.1, -0.05) is 55.8 Å². The molecule has 7 heteroatoms. The van der Waals surface area contributed by atoms with Crippen LogP contribution in [0.4, 0.5) is 0 Å². The average molecular weight is 585 g/mol. The molecule has 0 N–H and O–H groups in total. The van der Waals surface area contributed by atoms with Crippen LogP contribution in [0.2, 0.25) is 0 Å². The number of esters is 1. The van der Waals surface area contributed by atoms with E-state index in [1.165, 1.54) is 12.5 Å². The molecule has 4 aliphatic rings. The summed E-state index contributed by atoms with van der Waals surface area (Å²) >= 11 is 0. The highest BCUT2D eigenvalue weighted by Gasteiger charge is 2.75. The molecule has 1 saturated heterocycles. The number of ether oxygens (including phenoxy) is 3. The average Bonchev–Trinajstić information content (AvgIpc) is 3.31. The van der Waals surface area contributed by atoms with E-state index >= 15 is 0 Å². The van der Waals surface area contributed by atoms with Crippen molar-refractivity contribution in [3.63, 3.8) is 0 Å². The molecular weight excluding hydrogens is 540 g/mol. The molecule has 1 saturated carbocycles. The van der Waals surface area contributed by atoms with Crippen LogP contribution in [-0.2, 0) is 26.2 Å². The van der Waals surface area contributed by atoms with Gasteiger partial charge in [0, 0.05) is 38.2 Å². The summed E-state index contributed by atoms with van der Waals surface area (Å²) in [5.74, 6) is 1.39. The van der Waals surface area contributed by atoms with E-state index in [0.717, 1.165) is 48.4 Å². The zero-order chi connectivity index (χ0) is 30.5. The molecule has 0 radical (unpaired) electrons. The molecule has 43 heavy (non-hydrogen) atoms. The van der Waals surface area contributed by atoms with Crippen molar-refractivity contribution in [1.82, 2.24) is 9.80 Å². The summed E-state index contributed by atoms with van der Waals surface area (Å²) in [7, 11) is 1.67. The first-order valence-corrected chi connectivity index (χ1v) is 15.6. The number of likely N-dealkylation sites (tertiary alicyclic amines) is 1. The van der Waals surface area contributed by atoms with Crippen molar-refractivity contribution < 1.29 is 23.8 Å². The standard InChI is InChI=1S/C36H44N2O5/c1-7-18-37-19-17-35-32-27-12-13-29(41-6)33(32)42-34(35)28(15-16-36(35,30(37)21-27)43-25(5)39)38(22-23(2)3)31(40)14-11-26-10-8-9-24(4)20-26/h7-14,20,23,28,30,34H,1,15-19,21-22H2,2-6H3/b14-11+/t28?,30-,34?,35+,36-/m1/s1. The first-order chi connectivity index (χ1) is 20.6. The second-order valence-electron chi connectivity index (χ2n) is 13.1. The number of carbonyl (C=O) groups is 2. The number of methoxy groups -OCH3 is 1. The third-order valence-electron chi connectivity index (χ3n) is 10.1. The minimum atomic E-state index is -0.782. The van der Waals surface area contributed by atoms with Crippen molar-refractivity contribution >= 4 is 18.0 Å². The number of aryl methyl sites for hydroxylation is 1. The minimum absolute atomic E-state index is 0.0162. The van der Waals surface area contributed by atoms with Crippen molar-refractivity contribution in [3.8, 4) is 11.5 Å². The minimum Gasteiger partial charge on any atom is -0.493 e. The molecule has 0 aromatic heterocycles. The number of carbonyl (C=O) groups excluding carboxylic acids is 2. The van der Waals surface area contributed by atoms with E-state index in [1.54, 1.807) is 13.2 Å². The van der Waals surface area contributed by atoms with Gasteiger partial charge in [-0.25, -0.2) is 0 Å². The SMILES string of the molecule is C=CCN1CC[C@]23c4c5ccc(OC)c4OC2C(N(CC(C)C)C(=O)/C=C/c2cccc(C)c2)CC[C@@]3(OC(C)=O)[C@H]1C5. The van der Waals surface area contributed by atoms with Gasteiger partial charge in [0.1, 0.15) is 11.7 Å². The van der Waals surface area contributed by atoms with Crippen LogP contribution in [0.15, 0.2) is 55.1 Å². The number of hydrogen-bond acceptors (Lipinski definition) is 6. The summed E-state index contributed by atoms with van der Waals surface area (Å²) in [6, 6.07) is 12.1. The van der Waals surface area contributed by atoms with Crippen LogP contribution >= 0.6 is 0 Å². The maximum atomic E-state index is 14.1. The Labute approximate surface area is 255 Å². The Bertz CT molecular complexity index is 1470. The molecule has 6 rings (SSSR count). The molecule has 1 amide bonds. The smallest absolute Gasteiger partial charge is 0.303 e. The highest BCUT2D eigenvalue weighted by Crippen LogP contribution is 2.67. The fourth-order valence-electron chi connectivity index (χ4n) is 8.71. The van der Waals surface area contributed by atoms with Crippen LogP contribution in [0.5, 0.6) is 11.5 Å². The lowest BCUT2D eigenvalue weighted by atomic mass is 9.48. The van der Waals surface area contributed by atoms with Gasteiger partial charge in [-0.05, 0) is 61.8 Å². The van der Waals surface area contributed by atoms with Gasteiger partial charge >= 0.3 is 5.97 Å². The monoisotopic (exact) mass is 584 g/mol. The van der Waals surface area contributed by atoms with Crippen molar-refractivity contribution in [2.24, 2.45) is 5.92 Å². The van der Waals surface area contributed by atoms with E-state index in [4.69, 9.17) is 14.2 Å². The number of rotatable bonds is 9. The van der Waals surface area contributed by atoms with Gasteiger partial charge in [-0.2, -0.15) is 0 Å². The second kappa shape index (κ2) is 11.2. The van der Waals surface area contributed by atoms with E-state index in [2.05, 4.69) is 50.4 Å². The number of benzene rings is 2. The molecule has 228 valence electrons. The van der Waals surface area contributed by atoms with Crippen LogP contribution in [0.25, 0.3) is 6.08 Å². The molecule has 2 aliphatic carbocycles. The van der Waals surface area contributed by atoms with Gasteiger partial charge < -0.3 is 19.1 Å². The van der Waals surface area contributed by atoms with Crippen molar-refractivity contribution in [1.29, 1.82) is 0 Å². The summed E-state index contributed by atoms with van der Waals surface area (Å²) in [5.41, 5.74) is 3.09. The van der Waals surface area contributed by atoms with Crippen LogP contribution in [0.3, 0.4) is 0 Å². The molecule has 1 spiro atoms. The van der Waals surface area contributed by atoms with Crippen molar-refractivity contribution in [2.75, 3.05) is 26.7 Å². The van der Waals surface area contributed by atoms with Crippen molar-refractivity contribution in [3.05, 3.63) is 77.4 Å². The Hall–Kier alpha value is -3.58. The van der Waals surface area contributed by atoms with E-state index < -0.39 is 11.0 Å². The highest BCUT2D eigenvalue weighted by atomic mass is 16.6. The Balaban J connectivity index is 1.48. The molecule has 2 aliphatic heterocycles. The fourth-order valence-corrected chi connectivity index (χ4v) is 8.71. The number of nitrogens with zero attached hydrogens (tertiary/aromatic N) is 2. The lowest BCUT2D eigenvalue weighted by molar-refractivity contribution is -0.223. The lowest BCUT2D eigenvalue weighted by Gasteiger charge is -2.65. The van der Waals surface area contributed by atoms with E-state index in [-0.39, 0.29) is 36.0 Å². The molecule has 2 aromatic rings. The largest absolute Gasteiger partial charge is 0.493 e. The van der Waals surface area contributed by atoms with E-state index in [9.17, 15) is 9.59 Å². The van der Waals surface area contributed by atoms with Gasteiger partial charge in [0.15, 0.2) is 11.5 Å². The number of amides is 1. The first-order valence-electron chi connectivity index (χ1n) is 15.6. The van der Waals surface area contributed by atoms with Crippen molar-refractivity contribution in [2.45, 2.75) is 82.6 Å². The van der Waals surface area contributed by atoms with Crippen LogP contribution < -0.4 is 9.47 Å². The van der Waals surface area contributed by atoms with Crippen LogP contribution in [0.1, 0.15) is 62.3 Å². The highest BCUT2D eigenvalue weighted by molar-refractivity contribution is 5.92. The van der Waals surface area contributed by atoms with Gasteiger partial charge in [-0.15, -0.1) is 6.58 Å². The molecule has 7 nitrogen and oxygen atoms in total. The predicted molar refractivity (Wildman–Crippen MR) is 167 cm³/mol. The summed E-state index contributed by atoms with van der Waals surface area (Å²) in [5, 5.41) is 0. The topological polar surface area (TPSA) is 68.3 Å². The third-order valence-corrected chi connectivity index (χ3v) is 10.1. The summed E-state index contributed by atoms with van der Waals surface area (Å²) in [6.07, 6.45) is 7.98. The van der Waals surface area contributed by atoms with E-state index in [0.29, 0.717) is 25.1 Å². The lowest BCUT2D eigenvalue weighted by Crippen LogP contribution is -2.79. The molecule has 2 bridgehead atoms. The molecule has 2 unspecified atom stereocenters. The number of hydrogen-bond donors (Lipinski definition) is 0. The van der Waals surface area contributed by atoms with Gasteiger partial charge in [0.2, 0.25) is 5.91 Å². The maximum Gasteiger partial charge on any atom is 0.303 e. The zero-order valence-corrected chi connectivity index (χ0v) is 26.1. The van der Waals surface area contributed by atoms with Gasteiger partial charge in [-0.3, -0.25) is 14.5 Å². The molecule has 2 aromatic carbocycles. The van der Waals surface area contributed by atoms with Gasteiger partial charge in [0.05, 0.1) is 24.6 Å². The van der Waals surface area contributed by atoms with Gasteiger partial charge in [0.25, 0.3) is 0 Å². The Morgan fingerprint density at radius 2 is 2.05 bits per heavy atom. The van der Waals surface area contributed by atoms with E-state index in [1.807, 2.05) is 35.3 Å². The van der Waals surface area contributed by atoms with Crippen LogP contribution in [0, 0.1) is 12.8 Å². The summed E-state index contributed by atoms with van der Waals surface area (Å²) in [4.78, 5) is 31.5. The second-order valence-corrected chi connectivity index (χ2v) is 13.1. The zero-order valence-electron chi connectivity index (χ0n) is 26.1. The number of piperidine rings is 1. The van der Waals surface area contributed by atoms with Crippen LogP contribution in [-0.4, -0.2) is 72.2 Å². The summed E-state index contributed by atoms with van der Waals surface area (Å²) < 4.78 is 19.5. The Morgan fingerprint density at radius 3 is 2.74 bits per heavy atom. The third kappa shape index (κ3) is 4.59. The molecule has 2 heterocycles. The first kappa shape index (κ1) is 29.5. The summed E-state index contributed by atoms with van der Waals surface area (Å²) in [6.45, 7) is 14.0.